The molecule has 24 heavy (non-hydrogen) atoms. The summed E-state index contributed by atoms with van der Waals surface area (Å²) in [4.78, 5) is 23.9. The highest BCUT2D eigenvalue weighted by molar-refractivity contribution is 5.99. The van der Waals surface area contributed by atoms with Gasteiger partial charge in [-0.3, -0.25) is 9.59 Å². The van der Waals surface area contributed by atoms with E-state index in [0.29, 0.717) is 11.3 Å². The van der Waals surface area contributed by atoms with Crippen LogP contribution in [0, 0.1) is 6.92 Å². The van der Waals surface area contributed by atoms with Crippen molar-refractivity contribution in [2.45, 2.75) is 26.9 Å². The van der Waals surface area contributed by atoms with E-state index in [0.717, 1.165) is 11.3 Å². The zero-order valence-corrected chi connectivity index (χ0v) is 14.1. The molecule has 0 aliphatic rings. The number of rotatable bonds is 6. The van der Waals surface area contributed by atoms with E-state index in [1.54, 1.807) is 36.4 Å². The van der Waals surface area contributed by atoms with E-state index >= 15 is 0 Å². The summed E-state index contributed by atoms with van der Waals surface area (Å²) in [5, 5.41) is 5.33. The third kappa shape index (κ3) is 5.43. The lowest BCUT2D eigenvalue weighted by atomic mass is 10.1. The normalized spacial score (nSPS) is 10.3. The number of ether oxygens (including phenoxy) is 1. The molecule has 2 rings (SSSR count). The standard InChI is InChI=1S/C19H22N2O3/c1-13(2)24-17-10-8-16(9-11-17)21-18(22)12-20-19(23)15-6-4-14(3)5-7-15/h4-11,13H,12H2,1-3H3,(H,20,23)(H,21,22). The molecule has 0 fully saturated rings. The maximum Gasteiger partial charge on any atom is 0.251 e. The number of nitrogens with one attached hydrogen (secondary N) is 2. The minimum Gasteiger partial charge on any atom is -0.491 e. The number of carbonyl (C=O) groups is 2. The van der Waals surface area contributed by atoms with Crippen molar-refractivity contribution in [1.82, 2.24) is 5.32 Å². The number of benzene rings is 2. The molecule has 0 atom stereocenters. The maximum atomic E-state index is 12.0. The van der Waals surface area contributed by atoms with Crippen molar-refractivity contribution >= 4 is 17.5 Å². The van der Waals surface area contributed by atoms with E-state index in [2.05, 4.69) is 10.6 Å². The van der Waals surface area contributed by atoms with Gasteiger partial charge in [-0.2, -0.15) is 0 Å². The van der Waals surface area contributed by atoms with Gasteiger partial charge in [0.15, 0.2) is 0 Å². The van der Waals surface area contributed by atoms with Crippen LogP contribution in [-0.4, -0.2) is 24.5 Å². The summed E-state index contributed by atoms with van der Waals surface area (Å²) in [5.41, 5.74) is 2.26. The van der Waals surface area contributed by atoms with Gasteiger partial charge in [-0.25, -0.2) is 0 Å². The van der Waals surface area contributed by atoms with Crippen LogP contribution in [0.15, 0.2) is 48.5 Å². The van der Waals surface area contributed by atoms with E-state index in [4.69, 9.17) is 4.74 Å². The van der Waals surface area contributed by atoms with Crippen LogP contribution in [0.3, 0.4) is 0 Å². The Morgan fingerprint density at radius 3 is 2.21 bits per heavy atom. The quantitative estimate of drug-likeness (QED) is 0.857. The van der Waals surface area contributed by atoms with Crippen LogP contribution in [0.5, 0.6) is 5.75 Å². The van der Waals surface area contributed by atoms with Gasteiger partial charge in [0.25, 0.3) is 5.91 Å². The lowest BCUT2D eigenvalue weighted by molar-refractivity contribution is -0.115. The number of hydrogen-bond acceptors (Lipinski definition) is 3. The Morgan fingerprint density at radius 1 is 1.00 bits per heavy atom. The van der Waals surface area contributed by atoms with Crippen molar-refractivity contribution in [3.05, 3.63) is 59.7 Å². The molecule has 2 aromatic carbocycles. The summed E-state index contributed by atoms with van der Waals surface area (Å²) in [6.45, 7) is 5.77. The minimum absolute atomic E-state index is 0.0864. The first-order valence-corrected chi connectivity index (χ1v) is 7.85. The summed E-state index contributed by atoms with van der Waals surface area (Å²) in [6, 6.07) is 14.3. The fourth-order valence-corrected chi connectivity index (χ4v) is 2.06. The van der Waals surface area contributed by atoms with E-state index in [1.165, 1.54) is 0 Å². The second-order valence-electron chi connectivity index (χ2n) is 5.79. The maximum absolute atomic E-state index is 12.0. The second-order valence-corrected chi connectivity index (χ2v) is 5.79. The van der Waals surface area contributed by atoms with Gasteiger partial charge in [0, 0.05) is 11.3 Å². The lowest BCUT2D eigenvalue weighted by Crippen LogP contribution is -2.32. The number of carbonyl (C=O) groups excluding carboxylic acids is 2. The minimum atomic E-state index is -0.284. The monoisotopic (exact) mass is 326 g/mol. The first kappa shape index (κ1) is 17.5. The van der Waals surface area contributed by atoms with Gasteiger partial charge in [0.2, 0.25) is 5.91 Å². The van der Waals surface area contributed by atoms with Crippen molar-refractivity contribution < 1.29 is 14.3 Å². The molecule has 126 valence electrons. The van der Waals surface area contributed by atoms with E-state index < -0.39 is 0 Å². The number of anilines is 1. The molecule has 5 heteroatoms. The first-order valence-electron chi connectivity index (χ1n) is 7.85. The molecule has 0 bridgehead atoms. The van der Waals surface area contributed by atoms with Gasteiger partial charge < -0.3 is 15.4 Å². The Balaban J connectivity index is 1.82. The van der Waals surface area contributed by atoms with Crippen molar-refractivity contribution in [3.63, 3.8) is 0 Å². The highest BCUT2D eigenvalue weighted by Crippen LogP contribution is 2.16. The SMILES string of the molecule is Cc1ccc(C(=O)NCC(=O)Nc2ccc(OC(C)C)cc2)cc1. The predicted octanol–water partition coefficient (Wildman–Crippen LogP) is 3.15. The predicted molar refractivity (Wildman–Crippen MR) is 94.3 cm³/mol. The van der Waals surface area contributed by atoms with Crippen LogP contribution in [0.1, 0.15) is 29.8 Å². The van der Waals surface area contributed by atoms with Gasteiger partial charge in [0.05, 0.1) is 12.6 Å². The summed E-state index contributed by atoms with van der Waals surface area (Å²) in [5.74, 6) is 0.189. The summed E-state index contributed by atoms with van der Waals surface area (Å²) < 4.78 is 5.54. The van der Waals surface area contributed by atoms with Gasteiger partial charge in [0.1, 0.15) is 5.75 Å². The number of hydrogen-bond donors (Lipinski definition) is 2. The third-order valence-corrected chi connectivity index (χ3v) is 3.23. The Morgan fingerprint density at radius 2 is 1.62 bits per heavy atom. The molecule has 0 radical (unpaired) electrons. The molecule has 0 saturated carbocycles. The van der Waals surface area contributed by atoms with Crippen LogP contribution < -0.4 is 15.4 Å². The topological polar surface area (TPSA) is 67.4 Å². The van der Waals surface area contributed by atoms with E-state index in [9.17, 15) is 9.59 Å². The molecule has 0 spiro atoms. The highest BCUT2D eigenvalue weighted by Gasteiger charge is 2.08. The molecule has 0 aromatic heterocycles. The Labute approximate surface area is 142 Å². The molecule has 0 aliphatic carbocycles. The first-order chi connectivity index (χ1) is 11.4. The molecule has 5 nitrogen and oxygen atoms in total. The van der Waals surface area contributed by atoms with Crippen LogP contribution in [-0.2, 0) is 4.79 Å². The molecule has 0 heterocycles. The van der Waals surface area contributed by atoms with Gasteiger partial charge in [-0.1, -0.05) is 17.7 Å². The van der Waals surface area contributed by atoms with E-state index in [1.807, 2.05) is 32.9 Å². The molecule has 0 unspecified atom stereocenters. The fourth-order valence-electron chi connectivity index (χ4n) is 2.06. The largest absolute Gasteiger partial charge is 0.491 e. The molecule has 2 amide bonds. The van der Waals surface area contributed by atoms with Gasteiger partial charge in [-0.15, -0.1) is 0 Å². The fraction of sp³-hybridized carbons (Fsp3) is 0.263. The van der Waals surface area contributed by atoms with Gasteiger partial charge in [-0.05, 0) is 57.2 Å². The molecular weight excluding hydrogens is 304 g/mol. The smallest absolute Gasteiger partial charge is 0.251 e. The summed E-state index contributed by atoms with van der Waals surface area (Å²) >= 11 is 0. The molecule has 2 N–H and O–H groups in total. The molecule has 0 aliphatic heterocycles. The Hall–Kier alpha value is -2.82. The zero-order valence-electron chi connectivity index (χ0n) is 14.1. The van der Waals surface area contributed by atoms with Crippen molar-refractivity contribution in [3.8, 4) is 5.75 Å². The summed E-state index contributed by atoms with van der Waals surface area (Å²) in [6.07, 6.45) is 0.0995. The second kappa shape index (κ2) is 8.15. The average Bonchev–Trinajstić information content (AvgIpc) is 2.54. The van der Waals surface area contributed by atoms with Crippen LogP contribution in [0.2, 0.25) is 0 Å². The van der Waals surface area contributed by atoms with Crippen molar-refractivity contribution in [2.75, 3.05) is 11.9 Å². The van der Waals surface area contributed by atoms with Crippen LogP contribution in [0.25, 0.3) is 0 Å². The Bertz CT molecular complexity index is 692. The lowest BCUT2D eigenvalue weighted by Gasteiger charge is -2.11. The van der Waals surface area contributed by atoms with Gasteiger partial charge >= 0.3 is 0 Å². The van der Waals surface area contributed by atoms with Crippen molar-refractivity contribution in [2.24, 2.45) is 0 Å². The third-order valence-electron chi connectivity index (χ3n) is 3.23. The molecule has 2 aromatic rings. The average molecular weight is 326 g/mol. The Kier molecular flexibility index (Phi) is 5.95. The van der Waals surface area contributed by atoms with Crippen LogP contribution >= 0.6 is 0 Å². The molecule has 0 saturated heterocycles. The zero-order chi connectivity index (χ0) is 17.5. The number of aryl methyl sites for hydroxylation is 1. The van der Waals surface area contributed by atoms with Crippen molar-refractivity contribution in [1.29, 1.82) is 0 Å². The van der Waals surface area contributed by atoms with E-state index in [-0.39, 0.29) is 24.5 Å². The highest BCUT2D eigenvalue weighted by atomic mass is 16.5. The van der Waals surface area contributed by atoms with Crippen LogP contribution in [0.4, 0.5) is 5.69 Å². The number of amides is 2. The summed E-state index contributed by atoms with van der Waals surface area (Å²) in [7, 11) is 0. The molecular formula is C19H22N2O3.